The molecule has 0 atom stereocenters. The van der Waals surface area contributed by atoms with Crippen LogP contribution in [0.25, 0.3) is 16.3 Å². The van der Waals surface area contributed by atoms with Gasteiger partial charge in [-0.15, -0.1) is 0 Å². The second kappa shape index (κ2) is 14.9. The Hall–Kier alpha value is -3.10. The van der Waals surface area contributed by atoms with Gasteiger partial charge in [0.25, 0.3) is 5.01 Å². The number of rotatable bonds is 14. The molecule has 4 rings (SSSR count). The lowest BCUT2D eigenvalue weighted by molar-refractivity contribution is -0.669. The SMILES string of the molecule is CCOC(=O)CCCCN1/C(=C/C=C/c2sc3ccccc3[n+]2CCCCC(=O)OCC)Sc2ccccc21. The van der Waals surface area contributed by atoms with Crippen LogP contribution in [0, 0.1) is 0 Å². The van der Waals surface area contributed by atoms with Crippen molar-refractivity contribution in [2.45, 2.75) is 63.8 Å². The van der Waals surface area contributed by atoms with Crippen LogP contribution in [0.4, 0.5) is 5.69 Å². The maximum Gasteiger partial charge on any atom is 0.305 e. The summed E-state index contributed by atoms with van der Waals surface area (Å²) in [5, 5.41) is 2.37. The largest absolute Gasteiger partial charge is 0.466 e. The van der Waals surface area contributed by atoms with Crippen molar-refractivity contribution in [2.75, 3.05) is 24.7 Å². The summed E-state index contributed by atoms with van der Waals surface area (Å²) in [5.41, 5.74) is 2.44. The topological polar surface area (TPSA) is 59.7 Å². The maximum absolute atomic E-state index is 11.7. The normalized spacial score (nSPS) is 13.9. The summed E-state index contributed by atoms with van der Waals surface area (Å²) >= 11 is 3.56. The van der Waals surface area contributed by atoms with E-state index >= 15 is 0 Å². The third kappa shape index (κ3) is 7.96. The van der Waals surface area contributed by atoms with E-state index in [9.17, 15) is 9.59 Å². The van der Waals surface area contributed by atoms with Gasteiger partial charge in [0.2, 0.25) is 5.52 Å². The summed E-state index contributed by atoms with van der Waals surface area (Å²) in [6, 6.07) is 16.9. The number of unbranched alkanes of at least 4 members (excludes halogenated alkanes) is 2. The molecule has 2 heterocycles. The Morgan fingerprint density at radius 3 is 2.36 bits per heavy atom. The lowest BCUT2D eigenvalue weighted by Gasteiger charge is -2.20. The van der Waals surface area contributed by atoms with Crippen molar-refractivity contribution in [3.63, 3.8) is 0 Å². The molecule has 8 heteroatoms. The average molecular weight is 566 g/mol. The van der Waals surface area contributed by atoms with Crippen LogP contribution in [-0.2, 0) is 25.6 Å². The Morgan fingerprint density at radius 1 is 0.897 bits per heavy atom. The molecule has 0 unspecified atom stereocenters. The van der Waals surface area contributed by atoms with Crippen LogP contribution in [0.1, 0.15) is 57.4 Å². The number of thioether (sulfide) groups is 1. The van der Waals surface area contributed by atoms with Gasteiger partial charge in [0.05, 0.1) is 23.9 Å². The van der Waals surface area contributed by atoms with E-state index in [-0.39, 0.29) is 11.9 Å². The Morgan fingerprint density at radius 2 is 1.59 bits per heavy atom. The van der Waals surface area contributed by atoms with Crippen LogP contribution in [0.3, 0.4) is 0 Å². The van der Waals surface area contributed by atoms with Gasteiger partial charge in [0.1, 0.15) is 4.70 Å². The highest BCUT2D eigenvalue weighted by atomic mass is 32.2. The van der Waals surface area contributed by atoms with Crippen molar-refractivity contribution in [2.24, 2.45) is 0 Å². The maximum atomic E-state index is 11.7. The molecule has 0 aliphatic carbocycles. The quantitative estimate of drug-likeness (QED) is 0.118. The molecule has 0 bridgehead atoms. The lowest BCUT2D eigenvalue weighted by Crippen LogP contribution is -2.35. The van der Waals surface area contributed by atoms with E-state index in [1.54, 1.807) is 23.1 Å². The fraction of sp³-hybridized carbons (Fsp3) is 0.387. The first-order valence-electron chi connectivity index (χ1n) is 13.8. The van der Waals surface area contributed by atoms with Crippen LogP contribution in [0.15, 0.2) is 70.6 Å². The van der Waals surface area contributed by atoms with Crippen molar-refractivity contribution in [3.8, 4) is 0 Å². The monoisotopic (exact) mass is 565 g/mol. The van der Waals surface area contributed by atoms with E-state index in [1.165, 1.54) is 30.8 Å². The lowest BCUT2D eigenvalue weighted by atomic mass is 10.2. The van der Waals surface area contributed by atoms with Gasteiger partial charge < -0.3 is 14.4 Å². The van der Waals surface area contributed by atoms with Gasteiger partial charge in [0, 0.05) is 42.8 Å². The second-order valence-corrected chi connectivity index (χ2v) is 11.3. The number of benzene rings is 2. The smallest absolute Gasteiger partial charge is 0.305 e. The molecule has 0 N–H and O–H groups in total. The molecule has 1 aromatic heterocycles. The van der Waals surface area contributed by atoms with E-state index in [1.807, 2.05) is 13.8 Å². The molecular weight excluding hydrogens is 528 g/mol. The number of para-hydroxylation sites is 2. The van der Waals surface area contributed by atoms with E-state index in [4.69, 9.17) is 9.47 Å². The molecular formula is C31H37N2O4S2+. The van der Waals surface area contributed by atoms with Gasteiger partial charge in [-0.2, -0.15) is 4.57 Å². The van der Waals surface area contributed by atoms with Crippen LogP contribution in [0.2, 0.25) is 0 Å². The van der Waals surface area contributed by atoms with Gasteiger partial charge in [-0.3, -0.25) is 9.59 Å². The number of carbonyl (C=O) groups excluding carboxylic acids is 2. The second-order valence-electron chi connectivity index (χ2n) is 9.17. The molecule has 0 saturated carbocycles. The first kappa shape index (κ1) is 28.9. The van der Waals surface area contributed by atoms with Crippen molar-refractivity contribution in [1.29, 1.82) is 0 Å². The van der Waals surface area contributed by atoms with Gasteiger partial charge in [0.15, 0.2) is 6.54 Å². The standard InChI is InChI=1S/C31H37N2O4S2/c1-3-36-30(34)20-9-11-22-32-24-14-5-7-16-26(24)38-28(32)18-13-19-29-33(23-12-10-21-31(35)37-4-2)25-15-6-8-17-27(25)39-29/h5-8,13-19H,3-4,9-12,20-23H2,1-2H3/q+1. The number of fused-ring (bicyclic) bond motifs is 2. The number of carbonyl (C=O) groups is 2. The van der Waals surface area contributed by atoms with Gasteiger partial charge in [-0.1, -0.05) is 53.4 Å². The number of ether oxygens (including phenoxy) is 2. The zero-order valence-corrected chi connectivity index (χ0v) is 24.4. The molecule has 2 aromatic carbocycles. The predicted octanol–water partition coefficient (Wildman–Crippen LogP) is 7.12. The van der Waals surface area contributed by atoms with Crippen LogP contribution in [-0.4, -0.2) is 31.7 Å². The van der Waals surface area contributed by atoms with Gasteiger partial charge in [-0.25, -0.2) is 0 Å². The number of aryl methyl sites for hydroxylation is 1. The predicted molar refractivity (Wildman–Crippen MR) is 160 cm³/mol. The van der Waals surface area contributed by atoms with Crippen LogP contribution >= 0.6 is 23.1 Å². The highest BCUT2D eigenvalue weighted by Gasteiger charge is 2.24. The third-order valence-electron chi connectivity index (χ3n) is 6.39. The number of anilines is 1. The molecule has 0 saturated heterocycles. The number of thiazole rings is 1. The minimum Gasteiger partial charge on any atom is -0.466 e. The number of aromatic nitrogens is 1. The number of esters is 2. The van der Waals surface area contributed by atoms with Crippen LogP contribution in [0.5, 0.6) is 0 Å². The Labute approximate surface area is 239 Å². The fourth-order valence-electron chi connectivity index (χ4n) is 4.57. The van der Waals surface area contributed by atoms with Crippen LogP contribution < -0.4 is 9.47 Å². The molecule has 6 nitrogen and oxygen atoms in total. The average Bonchev–Trinajstić information content (AvgIpc) is 3.47. The summed E-state index contributed by atoms with van der Waals surface area (Å²) in [5.74, 6) is -0.241. The minimum atomic E-state index is -0.120. The highest BCUT2D eigenvalue weighted by molar-refractivity contribution is 8.03. The number of nitrogens with zero attached hydrogens (tertiary/aromatic N) is 2. The van der Waals surface area contributed by atoms with Gasteiger partial charge >= 0.3 is 11.9 Å². The molecule has 1 aliphatic heterocycles. The van der Waals surface area contributed by atoms with Crippen molar-refractivity contribution < 1.29 is 23.6 Å². The van der Waals surface area contributed by atoms with E-state index in [0.29, 0.717) is 26.1 Å². The number of hydrogen-bond donors (Lipinski definition) is 0. The van der Waals surface area contributed by atoms with Crippen molar-refractivity contribution >= 4 is 57.0 Å². The molecule has 0 radical (unpaired) electrons. The Balaban J connectivity index is 1.46. The minimum absolute atomic E-state index is 0.120. The summed E-state index contributed by atoms with van der Waals surface area (Å²) < 4.78 is 13.7. The highest BCUT2D eigenvalue weighted by Crippen LogP contribution is 2.45. The van der Waals surface area contributed by atoms with Gasteiger partial charge in [-0.05, 0) is 57.4 Å². The molecule has 39 heavy (non-hydrogen) atoms. The molecule has 1 aliphatic rings. The van der Waals surface area contributed by atoms with Crippen molar-refractivity contribution in [1.82, 2.24) is 0 Å². The molecule has 0 amide bonds. The molecule has 206 valence electrons. The van der Waals surface area contributed by atoms with E-state index in [0.717, 1.165) is 38.8 Å². The fourth-order valence-corrected chi connectivity index (χ4v) is 6.78. The summed E-state index contributed by atoms with van der Waals surface area (Å²) in [6.07, 6.45) is 10.9. The third-order valence-corrected chi connectivity index (χ3v) is 8.65. The number of allylic oxidation sites excluding steroid dienone is 2. The number of hydrogen-bond acceptors (Lipinski definition) is 7. The first-order valence-corrected chi connectivity index (χ1v) is 15.4. The molecule has 0 fully saturated rings. The molecule has 0 spiro atoms. The Bertz CT molecular complexity index is 1330. The zero-order valence-electron chi connectivity index (χ0n) is 22.8. The summed E-state index contributed by atoms with van der Waals surface area (Å²) in [7, 11) is 0. The van der Waals surface area contributed by atoms with E-state index < -0.39 is 0 Å². The Kier molecular flexibility index (Phi) is 11.0. The zero-order chi connectivity index (χ0) is 27.5. The summed E-state index contributed by atoms with van der Waals surface area (Å²) in [4.78, 5) is 27.1. The molecule has 3 aromatic rings. The van der Waals surface area contributed by atoms with Crippen molar-refractivity contribution in [3.05, 3.63) is 70.7 Å². The van der Waals surface area contributed by atoms with E-state index in [2.05, 4.69) is 76.2 Å². The summed E-state index contributed by atoms with van der Waals surface area (Å²) in [6.45, 7) is 6.25. The first-order chi connectivity index (χ1) is 19.1.